The smallest absolute Gasteiger partial charge is 0.266 e. The van der Waals surface area contributed by atoms with Crippen LogP contribution in [0.4, 0.5) is 20.3 Å². The molecule has 0 bridgehead atoms. The molecule has 3 aromatic rings. The van der Waals surface area contributed by atoms with Crippen molar-refractivity contribution in [2.24, 2.45) is 5.73 Å². The van der Waals surface area contributed by atoms with Gasteiger partial charge in [0, 0.05) is 41.8 Å². The number of carbonyl (C=O) groups is 1. The monoisotopic (exact) mass is 472 g/mol. The van der Waals surface area contributed by atoms with Gasteiger partial charge >= 0.3 is 0 Å². The second kappa shape index (κ2) is 8.18. The topological polar surface area (TPSA) is 110 Å². The van der Waals surface area contributed by atoms with Crippen molar-refractivity contribution in [1.29, 1.82) is 0 Å². The third-order valence-corrected chi connectivity index (χ3v) is 7.40. The summed E-state index contributed by atoms with van der Waals surface area (Å²) in [4.78, 5) is 24.9. The Kier molecular flexibility index (Phi) is 5.44. The number of amides is 1. The number of thiophene rings is 1. The van der Waals surface area contributed by atoms with Gasteiger partial charge in [-0.15, -0.1) is 11.3 Å². The Morgan fingerprint density at radius 1 is 1.27 bits per heavy atom. The third kappa shape index (κ3) is 4.37. The van der Waals surface area contributed by atoms with Crippen molar-refractivity contribution < 1.29 is 13.6 Å². The first-order valence-corrected chi connectivity index (χ1v) is 11.8. The van der Waals surface area contributed by atoms with E-state index in [-0.39, 0.29) is 24.9 Å². The summed E-state index contributed by atoms with van der Waals surface area (Å²) in [5.41, 5.74) is 15.3. The number of alkyl halides is 2. The van der Waals surface area contributed by atoms with Crippen LogP contribution in [0, 0.1) is 6.92 Å². The molecule has 1 amide bonds. The molecule has 33 heavy (non-hydrogen) atoms. The molecule has 1 aliphatic carbocycles. The van der Waals surface area contributed by atoms with E-state index in [1.165, 1.54) is 11.3 Å². The van der Waals surface area contributed by atoms with E-state index in [2.05, 4.69) is 15.3 Å². The number of piperidine rings is 1. The Labute approximate surface area is 194 Å². The van der Waals surface area contributed by atoms with Gasteiger partial charge in [0.15, 0.2) is 0 Å². The van der Waals surface area contributed by atoms with Gasteiger partial charge in [0.25, 0.3) is 11.8 Å². The lowest BCUT2D eigenvalue weighted by molar-refractivity contribution is -0.0174. The lowest BCUT2D eigenvalue weighted by Gasteiger charge is -2.37. The van der Waals surface area contributed by atoms with Crippen molar-refractivity contribution >= 4 is 39.0 Å². The Morgan fingerprint density at radius 3 is 2.88 bits per heavy atom. The molecule has 0 aromatic carbocycles. The van der Waals surface area contributed by atoms with Gasteiger partial charge in [0.05, 0.1) is 12.2 Å². The van der Waals surface area contributed by atoms with Crippen LogP contribution in [0.25, 0.3) is 10.2 Å². The zero-order chi connectivity index (χ0) is 23.3. The number of pyridine rings is 2. The summed E-state index contributed by atoms with van der Waals surface area (Å²) in [6.07, 6.45) is 1.71. The van der Waals surface area contributed by atoms with Crippen molar-refractivity contribution in [1.82, 2.24) is 15.3 Å². The molecule has 5 rings (SSSR count). The Balaban J connectivity index is 1.29. The molecule has 5 N–H and O–H groups in total. The number of nitrogen functional groups attached to an aromatic ring is 1. The molecule has 0 saturated carbocycles. The van der Waals surface area contributed by atoms with E-state index in [0.717, 1.165) is 27.2 Å². The van der Waals surface area contributed by atoms with Gasteiger partial charge in [0.2, 0.25) is 0 Å². The van der Waals surface area contributed by atoms with Crippen molar-refractivity contribution in [2.45, 2.75) is 50.6 Å². The highest BCUT2D eigenvalue weighted by molar-refractivity contribution is 7.21. The first-order valence-electron chi connectivity index (χ1n) is 11.0. The van der Waals surface area contributed by atoms with Gasteiger partial charge in [-0.1, -0.05) is 6.07 Å². The van der Waals surface area contributed by atoms with Crippen LogP contribution in [-0.2, 0) is 12.8 Å². The summed E-state index contributed by atoms with van der Waals surface area (Å²) < 4.78 is 27.9. The molecular weight excluding hydrogens is 446 g/mol. The fourth-order valence-corrected chi connectivity index (χ4v) is 5.76. The van der Waals surface area contributed by atoms with Crippen LogP contribution in [-0.4, -0.2) is 47.0 Å². The van der Waals surface area contributed by atoms with Crippen molar-refractivity contribution in [3.8, 4) is 0 Å². The minimum Gasteiger partial charge on any atom is -0.397 e. The number of fused-ring (bicyclic) bond motifs is 2. The van der Waals surface area contributed by atoms with Gasteiger partial charge < -0.3 is 21.7 Å². The average Bonchev–Trinajstić information content (AvgIpc) is 3.07. The Morgan fingerprint density at radius 2 is 2.09 bits per heavy atom. The van der Waals surface area contributed by atoms with Crippen LogP contribution in [0.1, 0.15) is 39.5 Å². The fraction of sp³-hybridized carbons (Fsp3) is 0.435. The van der Waals surface area contributed by atoms with Gasteiger partial charge in [-0.05, 0) is 49.9 Å². The summed E-state index contributed by atoms with van der Waals surface area (Å²) in [7, 11) is 0. The summed E-state index contributed by atoms with van der Waals surface area (Å²) in [5, 5.41) is 3.89. The molecule has 0 spiro atoms. The molecule has 1 aliphatic heterocycles. The largest absolute Gasteiger partial charge is 0.397 e. The molecule has 1 saturated heterocycles. The number of hydrogen-bond donors (Lipinski definition) is 3. The van der Waals surface area contributed by atoms with Crippen LogP contribution < -0.4 is 21.7 Å². The first-order chi connectivity index (χ1) is 15.7. The normalized spacial score (nSPS) is 22.2. The fourth-order valence-electron chi connectivity index (χ4n) is 4.72. The molecule has 4 heterocycles. The van der Waals surface area contributed by atoms with Crippen LogP contribution in [0.5, 0.6) is 0 Å². The van der Waals surface area contributed by atoms with Gasteiger partial charge in [0.1, 0.15) is 15.5 Å². The van der Waals surface area contributed by atoms with Gasteiger partial charge in [-0.3, -0.25) is 4.79 Å². The molecule has 10 heteroatoms. The Hall–Kier alpha value is -2.85. The predicted molar refractivity (Wildman–Crippen MR) is 126 cm³/mol. The number of nitrogens with one attached hydrogen (secondary N) is 1. The quantitative estimate of drug-likeness (QED) is 0.541. The molecule has 3 aromatic heterocycles. The van der Waals surface area contributed by atoms with E-state index in [9.17, 15) is 13.6 Å². The maximum absolute atomic E-state index is 14.0. The number of nitrogens with zero attached hydrogens (tertiary/aromatic N) is 3. The van der Waals surface area contributed by atoms with Crippen LogP contribution in [0.3, 0.4) is 0 Å². The maximum atomic E-state index is 14.0. The SMILES string of the molecule is Cc1ccc2c(N)c(C(=O)N[C@H]3CCc4nc(N5C[C@H](N)CC(F)(F)C5)ccc4C3)sc2n1. The summed E-state index contributed by atoms with van der Waals surface area (Å²) in [5.74, 6) is -2.48. The average molecular weight is 473 g/mol. The van der Waals surface area contributed by atoms with E-state index in [1.807, 2.05) is 25.1 Å². The lowest BCUT2D eigenvalue weighted by Crippen LogP contribution is -2.52. The number of aryl methyl sites for hydroxylation is 2. The van der Waals surface area contributed by atoms with E-state index >= 15 is 0 Å². The van der Waals surface area contributed by atoms with Crippen molar-refractivity contribution in [2.75, 3.05) is 23.7 Å². The first kappa shape index (κ1) is 22.0. The number of hydrogen-bond acceptors (Lipinski definition) is 7. The summed E-state index contributed by atoms with van der Waals surface area (Å²) in [6, 6.07) is 6.84. The molecule has 174 valence electrons. The minimum absolute atomic E-state index is 0.0512. The third-order valence-electron chi connectivity index (χ3n) is 6.29. The number of nitrogens with two attached hydrogens (primary N) is 2. The number of rotatable bonds is 3. The molecule has 0 radical (unpaired) electrons. The molecular formula is C23H26F2N6OS. The van der Waals surface area contributed by atoms with Crippen LogP contribution >= 0.6 is 11.3 Å². The highest BCUT2D eigenvalue weighted by Crippen LogP contribution is 2.33. The molecule has 7 nitrogen and oxygen atoms in total. The zero-order valence-electron chi connectivity index (χ0n) is 18.3. The molecule has 2 aliphatic rings. The highest BCUT2D eigenvalue weighted by atomic mass is 32.1. The number of aromatic nitrogens is 2. The van der Waals surface area contributed by atoms with Crippen molar-refractivity contribution in [3.63, 3.8) is 0 Å². The second-order valence-electron chi connectivity index (χ2n) is 9.04. The Bertz CT molecular complexity index is 1230. The standard InChI is InChI=1S/C23H26F2N6OS/c1-12-2-5-16-19(27)20(33-22(16)28-12)21(32)29-15-4-6-17-13(8-15)3-7-18(30-17)31-10-14(26)9-23(24,25)11-31/h2-3,5,7,14-15H,4,6,8-11,26-27H2,1H3,(H,29,32)/t14-,15+/m1/s1. The summed E-state index contributed by atoms with van der Waals surface area (Å²) in [6.45, 7) is 1.90. The number of carbonyl (C=O) groups excluding carboxylic acids is 1. The van der Waals surface area contributed by atoms with E-state index in [0.29, 0.717) is 42.2 Å². The van der Waals surface area contributed by atoms with Gasteiger partial charge in [-0.25, -0.2) is 18.7 Å². The minimum atomic E-state index is -2.81. The number of anilines is 2. The van der Waals surface area contributed by atoms with Crippen molar-refractivity contribution in [3.05, 3.63) is 46.1 Å². The van der Waals surface area contributed by atoms with Crippen LogP contribution in [0.2, 0.25) is 0 Å². The maximum Gasteiger partial charge on any atom is 0.266 e. The highest BCUT2D eigenvalue weighted by Gasteiger charge is 2.39. The van der Waals surface area contributed by atoms with Crippen LogP contribution in [0.15, 0.2) is 24.3 Å². The lowest BCUT2D eigenvalue weighted by atomic mass is 9.91. The zero-order valence-corrected chi connectivity index (χ0v) is 19.1. The van der Waals surface area contributed by atoms with E-state index < -0.39 is 12.0 Å². The predicted octanol–water partition coefficient (Wildman–Crippen LogP) is 3.04. The van der Waals surface area contributed by atoms with E-state index in [4.69, 9.17) is 11.5 Å². The number of halogens is 2. The summed E-state index contributed by atoms with van der Waals surface area (Å²) >= 11 is 1.30. The molecule has 2 atom stereocenters. The molecule has 1 fully saturated rings. The molecule has 0 unspecified atom stereocenters. The second-order valence-corrected chi connectivity index (χ2v) is 10.0. The van der Waals surface area contributed by atoms with Gasteiger partial charge in [-0.2, -0.15) is 0 Å². The van der Waals surface area contributed by atoms with E-state index in [1.54, 1.807) is 11.0 Å².